The maximum atomic E-state index is 13.1. The highest BCUT2D eigenvalue weighted by Gasteiger charge is 2.34. The molecule has 0 fully saturated rings. The number of nitrogens with one attached hydrogen (secondary N) is 1. The van der Waals surface area contributed by atoms with Crippen LogP contribution in [-0.2, 0) is 23.2 Å². The van der Waals surface area contributed by atoms with Crippen LogP contribution < -0.4 is 9.46 Å². The molecule has 170 valence electrons. The van der Waals surface area contributed by atoms with Crippen LogP contribution in [0.25, 0.3) is 0 Å². The molecule has 0 radical (unpaired) electrons. The number of halogens is 4. The summed E-state index contributed by atoms with van der Waals surface area (Å²) in [5, 5.41) is 12.1. The molecule has 9 nitrogen and oxygen atoms in total. The Labute approximate surface area is 184 Å². The third kappa shape index (κ3) is 4.94. The van der Waals surface area contributed by atoms with Crippen molar-refractivity contribution in [2.24, 2.45) is 7.05 Å². The molecule has 2 heterocycles. The van der Waals surface area contributed by atoms with E-state index < -0.39 is 37.7 Å². The average Bonchev–Trinajstić information content (AvgIpc) is 3.04. The van der Waals surface area contributed by atoms with Crippen LogP contribution in [0.3, 0.4) is 0 Å². The minimum atomic E-state index is -4.86. The van der Waals surface area contributed by atoms with E-state index in [0.29, 0.717) is 11.6 Å². The summed E-state index contributed by atoms with van der Waals surface area (Å²) < 4.78 is 73.6. The van der Waals surface area contributed by atoms with Crippen molar-refractivity contribution in [2.75, 3.05) is 4.72 Å². The minimum Gasteiger partial charge on any atom is -0.476 e. The van der Waals surface area contributed by atoms with E-state index >= 15 is 0 Å². The summed E-state index contributed by atoms with van der Waals surface area (Å²) in [5.74, 6) is -1.65. The first-order valence-corrected chi connectivity index (χ1v) is 10.5. The van der Waals surface area contributed by atoms with Crippen LogP contribution in [0.2, 0.25) is 5.02 Å². The summed E-state index contributed by atoms with van der Waals surface area (Å²) in [7, 11) is -3.11. The number of benzene rings is 1. The van der Waals surface area contributed by atoms with E-state index in [1.807, 2.05) is 0 Å². The molecule has 2 N–H and O–H groups in total. The number of pyridine rings is 1. The van der Waals surface area contributed by atoms with Gasteiger partial charge in [-0.25, -0.2) is 22.9 Å². The van der Waals surface area contributed by atoms with Gasteiger partial charge in [-0.05, 0) is 36.8 Å². The third-order valence-electron chi connectivity index (χ3n) is 4.04. The number of carboxylic acids is 1. The van der Waals surface area contributed by atoms with Crippen LogP contribution in [0.5, 0.6) is 11.8 Å². The summed E-state index contributed by atoms with van der Waals surface area (Å²) in [5.41, 5.74) is -1.31. The van der Waals surface area contributed by atoms with E-state index in [1.54, 1.807) is 6.92 Å². The van der Waals surface area contributed by atoms with Crippen molar-refractivity contribution >= 4 is 33.3 Å². The molecule has 3 rings (SSSR count). The minimum absolute atomic E-state index is 0.0648. The van der Waals surface area contributed by atoms with Gasteiger partial charge < -0.3 is 9.84 Å². The topological polar surface area (TPSA) is 123 Å². The third-order valence-corrected chi connectivity index (χ3v) is 5.74. The van der Waals surface area contributed by atoms with Crippen molar-refractivity contribution in [3.05, 3.63) is 58.4 Å². The molecule has 0 amide bonds. The van der Waals surface area contributed by atoms with Gasteiger partial charge in [0.15, 0.2) is 5.69 Å². The molecule has 0 aliphatic heterocycles. The molecular weight excluding hydrogens is 477 g/mol. The Morgan fingerprint density at radius 2 is 1.94 bits per heavy atom. The summed E-state index contributed by atoms with van der Waals surface area (Å²) in [6.07, 6.45) is -3.51. The molecule has 0 saturated carbocycles. The number of aromatic nitrogens is 3. The van der Waals surface area contributed by atoms with E-state index in [-0.39, 0.29) is 23.1 Å². The van der Waals surface area contributed by atoms with Crippen molar-refractivity contribution in [3.8, 4) is 11.8 Å². The average molecular weight is 491 g/mol. The molecule has 0 bridgehead atoms. The number of aromatic carboxylic acids is 1. The zero-order chi connectivity index (χ0) is 23.8. The Balaban J connectivity index is 1.99. The molecule has 0 aliphatic carbocycles. The van der Waals surface area contributed by atoms with Crippen LogP contribution in [0, 0.1) is 6.92 Å². The van der Waals surface area contributed by atoms with Gasteiger partial charge in [0.2, 0.25) is 11.8 Å². The highest BCUT2D eigenvalue weighted by molar-refractivity contribution is 7.92. The van der Waals surface area contributed by atoms with Crippen LogP contribution in [0.15, 0.2) is 41.4 Å². The normalized spacial score (nSPS) is 11.9. The summed E-state index contributed by atoms with van der Waals surface area (Å²) in [6.45, 7) is 1.60. The molecule has 32 heavy (non-hydrogen) atoms. The smallest absolute Gasteiger partial charge is 0.417 e. The number of hydrogen-bond acceptors (Lipinski definition) is 6. The Hall–Kier alpha value is -3.32. The van der Waals surface area contributed by atoms with Gasteiger partial charge in [-0.1, -0.05) is 11.6 Å². The molecule has 0 saturated heterocycles. The van der Waals surface area contributed by atoms with Gasteiger partial charge >= 0.3 is 12.1 Å². The van der Waals surface area contributed by atoms with E-state index in [2.05, 4.69) is 14.8 Å². The fourth-order valence-corrected chi connectivity index (χ4v) is 3.85. The number of rotatable bonds is 6. The van der Waals surface area contributed by atoms with Crippen LogP contribution in [0.1, 0.15) is 21.6 Å². The largest absolute Gasteiger partial charge is 0.476 e. The first-order chi connectivity index (χ1) is 14.8. The lowest BCUT2D eigenvalue weighted by Crippen LogP contribution is -2.16. The van der Waals surface area contributed by atoms with Crippen molar-refractivity contribution in [1.29, 1.82) is 0 Å². The van der Waals surface area contributed by atoms with Crippen LogP contribution in [0.4, 0.5) is 18.9 Å². The maximum Gasteiger partial charge on any atom is 0.417 e. The second kappa shape index (κ2) is 8.31. The standard InChI is InChI=1S/C18H14ClF3N4O5S/c1-9-5-13(16(23-8-9)31-15-7-14(17(27)28)24-26(15)2)25-32(29,30)10-3-4-12(19)11(6-10)18(20,21)22/h3-8,25H,1-2H3,(H,27,28). The number of hydrogen-bond donors (Lipinski definition) is 2. The number of anilines is 1. The zero-order valence-corrected chi connectivity index (χ0v) is 17.9. The van der Waals surface area contributed by atoms with Gasteiger partial charge in [-0.15, -0.1) is 0 Å². The lowest BCUT2D eigenvalue weighted by Gasteiger charge is -2.15. The van der Waals surface area contributed by atoms with Gasteiger partial charge in [-0.3, -0.25) is 4.72 Å². The number of nitrogens with zero attached hydrogens (tertiary/aromatic N) is 3. The van der Waals surface area contributed by atoms with Gasteiger partial charge in [0, 0.05) is 19.3 Å². The Morgan fingerprint density at radius 1 is 1.25 bits per heavy atom. The Morgan fingerprint density at radius 3 is 2.53 bits per heavy atom. The maximum absolute atomic E-state index is 13.1. The molecular formula is C18H14ClF3N4O5S. The van der Waals surface area contributed by atoms with E-state index in [4.69, 9.17) is 21.4 Å². The number of alkyl halides is 3. The summed E-state index contributed by atoms with van der Waals surface area (Å²) in [4.78, 5) is 14.4. The number of carboxylic acid groups (broad SMARTS) is 1. The van der Waals surface area contributed by atoms with Crippen LogP contribution in [-0.4, -0.2) is 34.3 Å². The lowest BCUT2D eigenvalue weighted by atomic mass is 10.2. The molecule has 0 atom stereocenters. The van der Waals surface area contributed by atoms with Crippen molar-refractivity contribution < 1.29 is 36.2 Å². The van der Waals surface area contributed by atoms with Gasteiger partial charge in [0.05, 0.1) is 15.5 Å². The number of ether oxygens (including phenoxy) is 1. The lowest BCUT2D eigenvalue weighted by molar-refractivity contribution is -0.137. The second-order valence-corrected chi connectivity index (χ2v) is 8.60. The molecule has 3 aromatic rings. The molecule has 0 spiro atoms. The first-order valence-electron chi connectivity index (χ1n) is 8.59. The fraction of sp³-hybridized carbons (Fsp3) is 0.167. The quantitative estimate of drug-likeness (QED) is 0.533. The molecule has 0 unspecified atom stereocenters. The summed E-state index contributed by atoms with van der Waals surface area (Å²) >= 11 is 5.55. The molecule has 2 aromatic heterocycles. The molecule has 14 heteroatoms. The van der Waals surface area contributed by atoms with Crippen molar-refractivity contribution in [2.45, 2.75) is 18.0 Å². The number of carbonyl (C=O) groups is 1. The van der Waals surface area contributed by atoms with E-state index in [0.717, 1.165) is 22.9 Å². The summed E-state index contributed by atoms with van der Waals surface area (Å²) in [6, 6.07) is 4.60. The SMILES string of the molecule is Cc1cnc(Oc2cc(C(=O)O)nn2C)c(NS(=O)(=O)c2ccc(Cl)c(C(F)(F)F)c2)c1. The number of aryl methyl sites for hydroxylation is 2. The monoisotopic (exact) mass is 490 g/mol. The Bertz CT molecular complexity index is 1310. The van der Waals surface area contributed by atoms with Crippen molar-refractivity contribution in [1.82, 2.24) is 14.8 Å². The molecule has 0 aliphatic rings. The van der Waals surface area contributed by atoms with Gasteiger partial charge in [-0.2, -0.15) is 18.3 Å². The predicted molar refractivity (Wildman–Crippen MR) is 106 cm³/mol. The van der Waals surface area contributed by atoms with Gasteiger partial charge in [0.1, 0.15) is 5.69 Å². The number of sulfonamides is 1. The van der Waals surface area contributed by atoms with Crippen molar-refractivity contribution in [3.63, 3.8) is 0 Å². The highest BCUT2D eigenvalue weighted by Crippen LogP contribution is 2.37. The first kappa shape index (κ1) is 23.3. The van der Waals surface area contributed by atoms with E-state index in [9.17, 15) is 26.4 Å². The Kier molecular flexibility index (Phi) is 6.07. The second-order valence-electron chi connectivity index (χ2n) is 6.51. The highest BCUT2D eigenvalue weighted by atomic mass is 35.5. The van der Waals surface area contributed by atoms with Gasteiger partial charge in [0.25, 0.3) is 10.0 Å². The fourth-order valence-electron chi connectivity index (χ4n) is 2.55. The molecule has 1 aromatic carbocycles. The zero-order valence-electron chi connectivity index (χ0n) is 16.3. The predicted octanol–water partition coefficient (Wildman–Crippen LogP) is 4.09. The van der Waals surface area contributed by atoms with Crippen LogP contribution >= 0.6 is 11.6 Å². The van der Waals surface area contributed by atoms with E-state index in [1.165, 1.54) is 19.3 Å².